The van der Waals surface area contributed by atoms with Gasteiger partial charge in [-0.05, 0) is 58.0 Å². The molecule has 0 aromatic heterocycles. The Morgan fingerprint density at radius 1 is 1.52 bits per heavy atom. The first-order valence-corrected chi connectivity index (χ1v) is 7.78. The van der Waals surface area contributed by atoms with Crippen molar-refractivity contribution in [2.45, 2.75) is 26.3 Å². The Labute approximate surface area is 131 Å². The smallest absolute Gasteiger partial charge is 0.163 e. The van der Waals surface area contributed by atoms with Gasteiger partial charge in [-0.3, -0.25) is 9.69 Å². The van der Waals surface area contributed by atoms with Crippen molar-refractivity contribution >= 4 is 17.4 Å². The summed E-state index contributed by atoms with van der Waals surface area (Å²) in [6.07, 6.45) is 2.39. The average Bonchev–Trinajstić information content (AvgIpc) is 2.43. The second-order valence-electron chi connectivity index (χ2n) is 5.82. The molecule has 0 saturated carbocycles. The number of hydrogen-bond acceptors (Lipinski definition) is 4. The fraction of sp³-hybridized carbons (Fsp3) is 0.562. The fourth-order valence-electron chi connectivity index (χ4n) is 3.04. The van der Waals surface area contributed by atoms with E-state index in [0.717, 1.165) is 31.6 Å². The van der Waals surface area contributed by atoms with Gasteiger partial charge in [0.2, 0.25) is 0 Å². The Morgan fingerprint density at radius 2 is 2.29 bits per heavy atom. The molecule has 1 aromatic rings. The van der Waals surface area contributed by atoms with Gasteiger partial charge in [0.1, 0.15) is 5.75 Å². The van der Waals surface area contributed by atoms with Crippen LogP contribution in [-0.4, -0.2) is 42.5 Å². The molecule has 0 radical (unpaired) electrons. The molecule has 0 spiro atoms. The maximum absolute atomic E-state index is 11.6. The summed E-state index contributed by atoms with van der Waals surface area (Å²) in [4.78, 5) is 13.9. The predicted molar refractivity (Wildman–Crippen MR) is 85.0 cm³/mol. The molecule has 2 N–H and O–H groups in total. The minimum absolute atomic E-state index is 0.0719. The molecular formula is C16H23ClN2O2. The Balaban J connectivity index is 2.13. The van der Waals surface area contributed by atoms with Crippen LogP contribution in [0.4, 0.5) is 0 Å². The lowest BCUT2D eigenvalue weighted by molar-refractivity contribution is 0.101. The van der Waals surface area contributed by atoms with Crippen LogP contribution in [0.3, 0.4) is 0 Å². The number of phenolic OH excluding ortho intramolecular Hbond substituents is 1. The van der Waals surface area contributed by atoms with Crippen LogP contribution in [0.15, 0.2) is 12.1 Å². The van der Waals surface area contributed by atoms with E-state index in [2.05, 4.69) is 10.2 Å². The van der Waals surface area contributed by atoms with E-state index in [1.165, 1.54) is 19.4 Å². The predicted octanol–water partition coefficient (Wildman–Crippen LogP) is 2.68. The van der Waals surface area contributed by atoms with E-state index in [1.54, 1.807) is 6.07 Å². The van der Waals surface area contributed by atoms with Gasteiger partial charge in [-0.25, -0.2) is 0 Å². The molecule has 5 heteroatoms. The third-order valence-electron chi connectivity index (χ3n) is 4.02. The van der Waals surface area contributed by atoms with Crippen LogP contribution in [0.1, 0.15) is 35.7 Å². The molecular weight excluding hydrogens is 288 g/mol. The van der Waals surface area contributed by atoms with E-state index in [4.69, 9.17) is 11.6 Å². The minimum atomic E-state index is -0.164. The zero-order valence-electron chi connectivity index (χ0n) is 12.7. The van der Waals surface area contributed by atoms with Gasteiger partial charge in [0.25, 0.3) is 0 Å². The third-order valence-corrected chi connectivity index (χ3v) is 4.24. The van der Waals surface area contributed by atoms with Crippen LogP contribution in [0, 0.1) is 5.92 Å². The molecule has 0 bridgehead atoms. The summed E-state index contributed by atoms with van der Waals surface area (Å²) >= 11 is 6.07. The second-order valence-corrected chi connectivity index (χ2v) is 6.25. The molecule has 0 amide bonds. The number of Topliss-reactive ketones (excluding diaryl/α,β-unsaturated/α-hetero) is 1. The summed E-state index contributed by atoms with van der Waals surface area (Å²) in [6, 6.07) is 3.29. The van der Waals surface area contributed by atoms with Crippen LogP contribution in [-0.2, 0) is 6.54 Å². The van der Waals surface area contributed by atoms with Gasteiger partial charge in [0.15, 0.2) is 5.78 Å². The van der Waals surface area contributed by atoms with Gasteiger partial charge in [-0.15, -0.1) is 0 Å². The molecule has 0 aliphatic carbocycles. The van der Waals surface area contributed by atoms with Crippen molar-refractivity contribution in [2.75, 3.05) is 26.7 Å². The summed E-state index contributed by atoms with van der Waals surface area (Å²) in [5.74, 6) is 0.544. The SMILES string of the molecule is CNCC1CCCN(Cc2cc(Cl)cc(C(C)=O)c2O)C1. The summed E-state index contributed by atoms with van der Waals surface area (Å²) in [5, 5.41) is 14.0. The molecule has 1 fully saturated rings. The number of carbonyl (C=O) groups excluding carboxylic acids is 1. The lowest BCUT2D eigenvalue weighted by Gasteiger charge is -2.33. The minimum Gasteiger partial charge on any atom is -0.507 e. The fourth-order valence-corrected chi connectivity index (χ4v) is 3.28. The number of piperidine rings is 1. The van der Waals surface area contributed by atoms with Crippen molar-refractivity contribution in [3.05, 3.63) is 28.3 Å². The van der Waals surface area contributed by atoms with E-state index in [9.17, 15) is 9.90 Å². The number of rotatable bonds is 5. The summed E-state index contributed by atoms with van der Waals surface area (Å²) in [5.41, 5.74) is 1.04. The standard InChI is InChI=1S/C16H23ClN2O2/c1-11(20)15-7-14(17)6-13(16(15)21)10-19-5-3-4-12(9-19)8-18-2/h6-7,12,18,21H,3-5,8-10H2,1-2H3. The summed E-state index contributed by atoms with van der Waals surface area (Å²) in [6.45, 7) is 5.10. The quantitative estimate of drug-likeness (QED) is 0.821. The van der Waals surface area contributed by atoms with E-state index >= 15 is 0 Å². The van der Waals surface area contributed by atoms with Crippen molar-refractivity contribution in [3.8, 4) is 5.75 Å². The Hall–Kier alpha value is -1.10. The van der Waals surface area contributed by atoms with Crippen molar-refractivity contribution in [2.24, 2.45) is 5.92 Å². The van der Waals surface area contributed by atoms with Gasteiger partial charge >= 0.3 is 0 Å². The Bertz CT molecular complexity index is 517. The van der Waals surface area contributed by atoms with Crippen LogP contribution < -0.4 is 5.32 Å². The van der Waals surface area contributed by atoms with Crippen molar-refractivity contribution in [3.63, 3.8) is 0 Å². The normalized spacial score (nSPS) is 19.7. The largest absolute Gasteiger partial charge is 0.507 e. The Morgan fingerprint density at radius 3 is 2.95 bits per heavy atom. The molecule has 1 aliphatic rings. The Kier molecular flexibility index (Phi) is 5.62. The monoisotopic (exact) mass is 310 g/mol. The maximum Gasteiger partial charge on any atom is 0.163 e. The van der Waals surface area contributed by atoms with E-state index in [1.807, 2.05) is 7.05 Å². The highest BCUT2D eigenvalue weighted by atomic mass is 35.5. The van der Waals surface area contributed by atoms with E-state index in [0.29, 0.717) is 23.0 Å². The summed E-state index contributed by atoms with van der Waals surface area (Å²) < 4.78 is 0. The lowest BCUT2D eigenvalue weighted by Crippen LogP contribution is -2.38. The number of ketones is 1. The number of hydrogen-bond donors (Lipinski definition) is 2. The molecule has 21 heavy (non-hydrogen) atoms. The van der Waals surface area contributed by atoms with E-state index in [-0.39, 0.29) is 11.5 Å². The van der Waals surface area contributed by atoms with Gasteiger partial charge in [-0.1, -0.05) is 11.6 Å². The van der Waals surface area contributed by atoms with Crippen molar-refractivity contribution in [1.29, 1.82) is 0 Å². The first-order chi connectivity index (χ1) is 10.0. The first-order valence-electron chi connectivity index (χ1n) is 7.40. The second kappa shape index (κ2) is 7.25. The van der Waals surface area contributed by atoms with Gasteiger partial charge in [-0.2, -0.15) is 0 Å². The number of benzene rings is 1. The van der Waals surface area contributed by atoms with E-state index < -0.39 is 0 Å². The zero-order chi connectivity index (χ0) is 15.4. The zero-order valence-corrected chi connectivity index (χ0v) is 13.4. The highest BCUT2D eigenvalue weighted by Gasteiger charge is 2.21. The molecule has 1 aliphatic heterocycles. The molecule has 4 nitrogen and oxygen atoms in total. The average molecular weight is 311 g/mol. The number of carbonyl (C=O) groups is 1. The van der Waals surface area contributed by atoms with Crippen LogP contribution in [0.5, 0.6) is 5.75 Å². The van der Waals surface area contributed by atoms with Crippen LogP contribution in [0.25, 0.3) is 0 Å². The molecule has 1 heterocycles. The number of halogens is 1. The molecule has 1 aromatic carbocycles. The molecule has 1 saturated heterocycles. The van der Waals surface area contributed by atoms with Crippen molar-refractivity contribution in [1.82, 2.24) is 10.2 Å². The third kappa shape index (κ3) is 4.19. The molecule has 116 valence electrons. The van der Waals surface area contributed by atoms with Crippen LogP contribution in [0.2, 0.25) is 5.02 Å². The highest BCUT2D eigenvalue weighted by Crippen LogP contribution is 2.29. The van der Waals surface area contributed by atoms with Crippen LogP contribution >= 0.6 is 11.6 Å². The number of aromatic hydroxyl groups is 1. The summed E-state index contributed by atoms with van der Waals surface area (Å²) in [7, 11) is 1.97. The van der Waals surface area contributed by atoms with Crippen molar-refractivity contribution < 1.29 is 9.90 Å². The number of phenols is 1. The van der Waals surface area contributed by atoms with Gasteiger partial charge in [0.05, 0.1) is 5.56 Å². The molecule has 1 atom stereocenters. The number of nitrogens with zero attached hydrogens (tertiary/aromatic N) is 1. The number of likely N-dealkylation sites (tertiary alicyclic amines) is 1. The topological polar surface area (TPSA) is 52.6 Å². The number of nitrogens with one attached hydrogen (secondary N) is 1. The first kappa shape index (κ1) is 16.3. The lowest BCUT2D eigenvalue weighted by atomic mass is 9.97. The maximum atomic E-state index is 11.6. The molecule has 2 rings (SSSR count). The van der Waals surface area contributed by atoms with Gasteiger partial charge < -0.3 is 10.4 Å². The van der Waals surface area contributed by atoms with Gasteiger partial charge in [0, 0.05) is 23.7 Å². The molecule has 1 unspecified atom stereocenters. The highest BCUT2D eigenvalue weighted by molar-refractivity contribution is 6.31.